The minimum absolute atomic E-state index is 0.00847. The molecule has 7 heteroatoms. The maximum absolute atomic E-state index is 10.6. The lowest BCUT2D eigenvalue weighted by molar-refractivity contribution is -0.138. The molecule has 0 aromatic heterocycles. The van der Waals surface area contributed by atoms with Crippen LogP contribution in [0.4, 0.5) is 0 Å². The Balaban J connectivity index is 3.80. The van der Waals surface area contributed by atoms with E-state index in [9.17, 15) is 14.3 Å². The normalized spacial score (nSPS) is 13.6. The topological polar surface area (TPSA) is 104 Å². The molecule has 0 fully saturated rings. The largest absolute Gasteiger partial charge is 0.480 e. The van der Waals surface area contributed by atoms with Gasteiger partial charge in [0.1, 0.15) is 0 Å². The van der Waals surface area contributed by atoms with Crippen molar-refractivity contribution in [3.05, 3.63) is 4.91 Å². The first-order valence-corrected chi connectivity index (χ1v) is 4.83. The highest BCUT2D eigenvalue weighted by atomic mass is 31.1. The van der Waals surface area contributed by atoms with Gasteiger partial charge in [-0.2, -0.15) is 0 Å². The van der Waals surface area contributed by atoms with Crippen LogP contribution in [-0.2, 0) is 9.36 Å². The summed E-state index contributed by atoms with van der Waals surface area (Å²) in [5.74, 6) is -1.33. The van der Waals surface area contributed by atoms with Crippen LogP contribution < -0.4 is 0 Å². The minimum atomic E-state index is -1.80. The summed E-state index contributed by atoms with van der Waals surface area (Å²) >= 11 is 0. The van der Waals surface area contributed by atoms with E-state index in [-0.39, 0.29) is 12.6 Å². The van der Waals surface area contributed by atoms with E-state index in [2.05, 4.69) is 5.18 Å². The number of nitroso groups, excluding NO2 is 1. The average molecular weight is 194 g/mol. The van der Waals surface area contributed by atoms with Gasteiger partial charge in [0.2, 0.25) is 6.35 Å². The Bertz CT molecular complexity index is 194. The number of hydrogen-bond donors (Lipinski definition) is 2. The van der Waals surface area contributed by atoms with E-state index >= 15 is 0 Å². The lowest BCUT2D eigenvalue weighted by Gasteiger charge is -1.96. The van der Waals surface area contributed by atoms with Crippen LogP contribution in [0.5, 0.6) is 0 Å². The predicted molar refractivity (Wildman–Crippen MR) is 41.4 cm³/mol. The van der Waals surface area contributed by atoms with Gasteiger partial charge >= 0.3 is 13.8 Å². The molecule has 6 nitrogen and oxygen atoms in total. The second kappa shape index (κ2) is 5.74. The van der Waals surface area contributed by atoms with Crippen molar-refractivity contribution in [1.82, 2.24) is 0 Å². The molecule has 0 radical (unpaired) electrons. The van der Waals surface area contributed by atoms with Gasteiger partial charge in [-0.3, -0.25) is 0 Å². The maximum atomic E-state index is 10.6. The molecule has 0 amide bonds. The SMILES string of the molecule is O=NC(CC[P+](=O)CO)C(=O)O. The van der Waals surface area contributed by atoms with Gasteiger partial charge in [0.05, 0.1) is 0 Å². The molecule has 0 spiro atoms. The molecular formula is C5H9NO5P+. The molecule has 2 atom stereocenters. The monoisotopic (exact) mass is 194 g/mol. The summed E-state index contributed by atoms with van der Waals surface area (Å²) in [6.07, 6.45) is -0.566. The lowest BCUT2D eigenvalue weighted by atomic mass is 10.2. The summed E-state index contributed by atoms with van der Waals surface area (Å²) in [5, 5.41) is 19.0. The van der Waals surface area contributed by atoms with Crippen molar-refractivity contribution >= 4 is 13.8 Å². The Labute approximate surface area is 69.3 Å². The molecule has 0 aromatic rings. The Morgan fingerprint density at radius 2 is 2.17 bits per heavy atom. The van der Waals surface area contributed by atoms with Crippen LogP contribution in [-0.4, -0.2) is 34.7 Å². The van der Waals surface area contributed by atoms with Crippen LogP contribution in [0.25, 0.3) is 0 Å². The molecule has 68 valence electrons. The molecule has 2 unspecified atom stereocenters. The van der Waals surface area contributed by atoms with Crippen LogP contribution >= 0.6 is 7.80 Å². The number of rotatable bonds is 6. The van der Waals surface area contributed by atoms with Crippen molar-refractivity contribution in [2.75, 3.05) is 12.5 Å². The molecule has 0 saturated heterocycles. The van der Waals surface area contributed by atoms with E-state index in [0.29, 0.717) is 0 Å². The van der Waals surface area contributed by atoms with Crippen molar-refractivity contribution in [1.29, 1.82) is 0 Å². The highest BCUT2D eigenvalue weighted by Gasteiger charge is 2.23. The number of nitrogens with zero attached hydrogens (tertiary/aromatic N) is 1. The van der Waals surface area contributed by atoms with Gasteiger partial charge in [-0.05, 0) is 0 Å². The van der Waals surface area contributed by atoms with Crippen LogP contribution in [0.3, 0.4) is 0 Å². The second-order valence-corrected chi connectivity index (χ2v) is 3.79. The summed E-state index contributed by atoms with van der Waals surface area (Å²) in [4.78, 5) is 20.0. The lowest BCUT2D eigenvalue weighted by Crippen LogP contribution is -2.17. The number of aliphatic hydroxyl groups is 1. The Kier molecular flexibility index (Phi) is 5.32. The van der Waals surface area contributed by atoms with Crippen molar-refractivity contribution < 1.29 is 19.6 Å². The van der Waals surface area contributed by atoms with Gasteiger partial charge in [-0.15, -0.1) is 4.91 Å². The second-order valence-electron chi connectivity index (χ2n) is 2.09. The molecule has 0 rings (SSSR count). The fourth-order valence-corrected chi connectivity index (χ4v) is 1.23. The van der Waals surface area contributed by atoms with Crippen LogP contribution in [0.2, 0.25) is 0 Å². The number of hydrogen-bond acceptors (Lipinski definition) is 5. The zero-order valence-electron chi connectivity index (χ0n) is 6.21. The van der Waals surface area contributed by atoms with Gasteiger partial charge in [-0.25, -0.2) is 4.79 Å². The van der Waals surface area contributed by atoms with E-state index in [0.717, 1.165) is 0 Å². The van der Waals surface area contributed by atoms with Gasteiger partial charge in [0.25, 0.3) is 0 Å². The molecule has 0 saturated carbocycles. The summed E-state index contributed by atoms with van der Waals surface area (Å²) in [7, 11) is -1.80. The summed E-state index contributed by atoms with van der Waals surface area (Å²) in [5.41, 5.74) is 0. The standard InChI is InChI=1S/C5H8NO5P/c7-3-12(11)2-1-4(6-10)5(8)9/h4,7H,1-3H2/p+1. The molecule has 0 bridgehead atoms. The van der Waals surface area contributed by atoms with E-state index in [1.54, 1.807) is 0 Å². The molecule has 0 heterocycles. The Morgan fingerprint density at radius 3 is 2.50 bits per heavy atom. The number of carbonyl (C=O) groups is 1. The molecule has 12 heavy (non-hydrogen) atoms. The van der Waals surface area contributed by atoms with Crippen molar-refractivity contribution in [3.8, 4) is 0 Å². The van der Waals surface area contributed by atoms with Crippen molar-refractivity contribution in [2.24, 2.45) is 5.18 Å². The van der Waals surface area contributed by atoms with E-state index in [1.807, 2.05) is 0 Å². The minimum Gasteiger partial charge on any atom is -0.480 e. The van der Waals surface area contributed by atoms with E-state index < -0.39 is 26.2 Å². The zero-order valence-corrected chi connectivity index (χ0v) is 7.11. The number of carboxylic acids is 1. The van der Waals surface area contributed by atoms with Gasteiger partial charge in [0, 0.05) is 6.42 Å². The van der Waals surface area contributed by atoms with Gasteiger partial charge < -0.3 is 10.2 Å². The van der Waals surface area contributed by atoms with E-state index in [4.69, 9.17) is 10.2 Å². The number of aliphatic hydroxyl groups excluding tert-OH is 1. The van der Waals surface area contributed by atoms with Crippen LogP contribution in [0, 0.1) is 4.91 Å². The van der Waals surface area contributed by atoms with E-state index in [1.165, 1.54) is 0 Å². The van der Waals surface area contributed by atoms with Crippen molar-refractivity contribution in [3.63, 3.8) is 0 Å². The quantitative estimate of drug-likeness (QED) is 0.469. The first-order valence-electron chi connectivity index (χ1n) is 3.20. The fourth-order valence-electron chi connectivity index (χ4n) is 0.558. The molecule has 0 aromatic carbocycles. The number of aliphatic carboxylic acids is 1. The third kappa shape index (κ3) is 4.10. The van der Waals surface area contributed by atoms with Gasteiger partial charge in [0.15, 0.2) is 12.2 Å². The molecule has 0 aliphatic carbocycles. The molecular weight excluding hydrogens is 185 g/mol. The molecule has 0 aliphatic heterocycles. The Hall–Kier alpha value is -0.870. The summed E-state index contributed by atoms with van der Waals surface area (Å²) in [6.45, 7) is 0. The fraction of sp³-hybridized carbons (Fsp3) is 0.800. The molecule has 0 aliphatic rings. The first-order chi connectivity index (χ1) is 5.61. The number of carboxylic acid groups (broad SMARTS) is 1. The van der Waals surface area contributed by atoms with Crippen LogP contribution in [0.15, 0.2) is 5.18 Å². The summed E-state index contributed by atoms with van der Waals surface area (Å²) in [6, 6.07) is -1.35. The third-order valence-electron chi connectivity index (χ3n) is 1.22. The predicted octanol–water partition coefficient (Wildman–Crippen LogP) is 0.373. The van der Waals surface area contributed by atoms with Crippen LogP contribution in [0.1, 0.15) is 6.42 Å². The molecule has 2 N–H and O–H groups in total. The average Bonchev–Trinajstić information content (AvgIpc) is 2.04. The highest BCUT2D eigenvalue weighted by Crippen LogP contribution is 2.20. The Morgan fingerprint density at radius 1 is 1.58 bits per heavy atom. The smallest absolute Gasteiger partial charge is 0.366 e. The maximum Gasteiger partial charge on any atom is 0.366 e. The highest BCUT2D eigenvalue weighted by molar-refractivity contribution is 7.44. The summed E-state index contributed by atoms with van der Waals surface area (Å²) < 4.78 is 10.6. The zero-order chi connectivity index (χ0) is 9.56. The van der Waals surface area contributed by atoms with Crippen molar-refractivity contribution in [2.45, 2.75) is 12.5 Å². The first kappa shape index (κ1) is 11.1. The van der Waals surface area contributed by atoms with Gasteiger partial charge in [-0.1, -0.05) is 9.74 Å². The third-order valence-corrected chi connectivity index (χ3v) is 2.29.